The third-order valence-electron chi connectivity index (χ3n) is 4.59. The van der Waals surface area contributed by atoms with E-state index in [9.17, 15) is 4.79 Å². The molecule has 1 heterocycles. The average Bonchev–Trinajstić information content (AvgIpc) is 2.51. The maximum Gasteiger partial charge on any atom is 0.222 e. The summed E-state index contributed by atoms with van der Waals surface area (Å²) in [5.74, 6) is 1.04. The van der Waals surface area contributed by atoms with Crippen molar-refractivity contribution in [2.45, 2.75) is 65.8 Å². The van der Waals surface area contributed by atoms with Crippen molar-refractivity contribution in [2.24, 2.45) is 11.3 Å². The van der Waals surface area contributed by atoms with Gasteiger partial charge in [0.1, 0.15) is 0 Å². The van der Waals surface area contributed by atoms with Gasteiger partial charge in [0.05, 0.1) is 0 Å². The molecule has 2 unspecified atom stereocenters. The van der Waals surface area contributed by atoms with Crippen LogP contribution in [0.3, 0.4) is 0 Å². The quantitative estimate of drug-likeness (QED) is 0.831. The van der Waals surface area contributed by atoms with Crippen LogP contribution >= 0.6 is 0 Å². The molecule has 0 aromatic carbocycles. The molecular weight excluding hydrogens is 236 g/mol. The molecule has 0 bridgehead atoms. The highest BCUT2D eigenvalue weighted by Gasteiger charge is 2.29. The first-order chi connectivity index (χ1) is 8.84. The third-order valence-corrected chi connectivity index (χ3v) is 4.59. The summed E-state index contributed by atoms with van der Waals surface area (Å²) in [4.78, 5) is 14.2. The zero-order chi connectivity index (χ0) is 14.5. The molecule has 112 valence electrons. The SMILES string of the molecule is CNC(C)CCCN1CCC(C(C)(C)C)CCC1=O. The molecule has 0 aliphatic carbocycles. The van der Waals surface area contributed by atoms with Gasteiger partial charge in [-0.3, -0.25) is 4.79 Å². The first-order valence-electron chi connectivity index (χ1n) is 7.79. The molecule has 1 N–H and O–H groups in total. The van der Waals surface area contributed by atoms with Crippen molar-refractivity contribution in [3.8, 4) is 0 Å². The fraction of sp³-hybridized carbons (Fsp3) is 0.938. The molecular formula is C16H32N2O. The predicted octanol–water partition coefficient (Wildman–Crippen LogP) is 3.05. The van der Waals surface area contributed by atoms with Crippen LogP contribution in [0.15, 0.2) is 0 Å². The average molecular weight is 268 g/mol. The van der Waals surface area contributed by atoms with Crippen LogP contribution in [0, 0.1) is 11.3 Å². The number of hydrogen-bond acceptors (Lipinski definition) is 2. The van der Waals surface area contributed by atoms with Crippen molar-refractivity contribution in [3.05, 3.63) is 0 Å². The van der Waals surface area contributed by atoms with E-state index < -0.39 is 0 Å². The molecule has 1 amide bonds. The molecule has 1 saturated heterocycles. The summed E-state index contributed by atoms with van der Waals surface area (Å²) in [5, 5.41) is 3.25. The summed E-state index contributed by atoms with van der Waals surface area (Å²) >= 11 is 0. The van der Waals surface area contributed by atoms with Gasteiger partial charge in [0.15, 0.2) is 0 Å². The van der Waals surface area contributed by atoms with Crippen LogP contribution in [0.1, 0.15) is 59.8 Å². The summed E-state index contributed by atoms with van der Waals surface area (Å²) < 4.78 is 0. The Morgan fingerprint density at radius 2 is 2.05 bits per heavy atom. The second-order valence-electron chi connectivity index (χ2n) is 7.10. The molecule has 1 aliphatic heterocycles. The zero-order valence-corrected chi connectivity index (χ0v) is 13.5. The van der Waals surface area contributed by atoms with Gasteiger partial charge in [-0.1, -0.05) is 20.8 Å². The Balaban J connectivity index is 2.41. The number of nitrogens with zero attached hydrogens (tertiary/aromatic N) is 1. The number of nitrogens with one attached hydrogen (secondary N) is 1. The molecule has 2 atom stereocenters. The maximum absolute atomic E-state index is 12.1. The fourth-order valence-electron chi connectivity index (χ4n) is 2.87. The van der Waals surface area contributed by atoms with Gasteiger partial charge < -0.3 is 10.2 Å². The van der Waals surface area contributed by atoms with Crippen LogP contribution < -0.4 is 5.32 Å². The van der Waals surface area contributed by atoms with Crippen LogP contribution in [0.25, 0.3) is 0 Å². The van der Waals surface area contributed by atoms with Gasteiger partial charge in [-0.2, -0.15) is 0 Å². The van der Waals surface area contributed by atoms with Gasteiger partial charge in [0.2, 0.25) is 5.91 Å². The van der Waals surface area contributed by atoms with Crippen molar-refractivity contribution in [2.75, 3.05) is 20.1 Å². The van der Waals surface area contributed by atoms with Gasteiger partial charge >= 0.3 is 0 Å². The summed E-state index contributed by atoms with van der Waals surface area (Å²) in [6.45, 7) is 11.0. The van der Waals surface area contributed by atoms with Crippen molar-refractivity contribution in [3.63, 3.8) is 0 Å². The van der Waals surface area contributed by atoms with Gasteiger partial charge in [0, 0.05) is 25.6 Å². The van der Waals surface area contributed by atoms with E-state index in [1.165, 1.54) is 0 Å². The van der Waals surface area contributed by atoms with Crippen molar-refractivity contribution in [1.82, 2.24) is 10.2 Å². The summed E-state index contributed by atoms with van der Waals surface area (Å²) in [7, 11) is 2.00. The first kappa shape index (κ1) is 16.5. The Morgan fingerprint density at radius 1 is 1.37 bits per heavy atom. The summed E-state index contributed by atoms with van der Waals surface area (Å²) in [6, 6.07) is 0.546. The minimum absolute atomic E-state index is 0.330. The molecule has 0 aromatic rings. The fourth-order valence-corrected chi connectivity index (χ4v) is 2.87. The number of likely N-dealkylation sites (tertiary alicyclic amines) is 1. The second kappa shape index (κ2) is 7.28. The number of carbonyl (C=O) groups is 1. The van der Waals surface area contributed by atoms with E-state index in [2.05, 4.69) is 37.9 Å². The molecule has 0 saturated carbocycles. The summed E-state index contributed by atoms with van der Waals surface area (Å²) in [5.41, 5.74) is 0.330. The van der Waals surface area contributed by atoms with E-state index >= 15 is 0 Å². The van der Waals surface area contributed by atoms with E-state index in [1.54, 1.807) is 0 Å². The molecule has 1 fully saturated rings. The third kappa shape index (κ3) is 5.52. The highest BCUT2D eigenvalue weighted by atomic mass is 16.2. The maximum atomic E-state index is 12.1. The lowest BCUT2D eigenvalue weighted by Crippen LogP contribution is -2.32. The molecule has 3 heteroatoms. The molecule has 19 heavy (non-hydrogen) atoms. The van der Waals surface area contributed by atoms with Crippen LogP contribution in [0.4, 0.5) is 0 Å². The van der Waals surface area contributed by atoms with E-state index in [4.69, 9.17) is 0 Å². The highest BCUT2D eigenvalue weighted by molar-refractivity contribution is 5.76. The van der Waals surface area contributed by atoms with Gasteiger partial charge in [-0.25, -0.2) is 0 Å². The number of amides is 1. The minimum Gasteiger partial charge on any atom is -0.343 e. The molecule has 0 radical (unpaired) electrons. The van der Waals surface area contributed by atoms with E-state index in [0.29, 0.717) is 23.3 Å². The summed E-state index contributed by atoms with van der Waals surface area (Å²) in [6.07, 6.45) is 5.21. The Morgan fingerprint density at radius 3 is 2.63 bits per heavy atom. The van der Waals surface area contributed by atoms with Crippen molar-refractivity contribution >= 4 is 5.91 Å². The largest absolute Gasteiger partial charge is 0.343 e. The lowest BCUT2D eigenvalue weighted by Gasteiger charge is -2.29. The smallest absolute Gasteiger partial charge is 0.222 e. The van der Waals surface area contributed by atoms with E-state index in [-0.39, 0.29) is 0 Å². The second-order valence-corrected chi connectivity index (χ2v) is 7.10. The predicted molar refractivity (Wildman–Crippen MR) is 81.1 cm³/mol. The lowest BCUT2D eigenvalue weighted by molar-refractivity contribution is -0.130. The Labute approximate surface area is 119 Å². The van der Waals surface area contributed by atoms with E-state index in [0.717, 1.165) is 45.2 Å². The van der Waals surface area contributed by atoms with Gasteiger partial charge in [-0.05, 0) is 51.0 Å². The Kier molecular flexibility index (Phi) is 6.31. The standard InChI is InChI=1S/C16H32N2O/c1-13(17-5)7-6-11-18-12-10-14(16(2,3)4)8-9-15(18)19/h13-14,17H,6-12H2,1-5H3. The van der Waals surface area contributed by atoms with Crippen LogP contribution in [0.2, 0.25) is 0 Å². The topological polar surface area (TPSA) is 32.3 Å². The monoisotopic (exact) mass is 268 g/mol. The molecule has 3 nitrogen and oxygen atoms in total. The Bertz CT molecular complexity index is 283. The molecule has 0 spiro atoms. The normalized spacial score (nSPS) is 23.3. The molecule has 0 aromatic heterocycles. The van der Waals surface area contributed by atoms with Gasteiger partial charge in [-0.15, -0.1) is 0 Å². The zero-order valence-electron chi connectivity index (χ0n) is 13.5. The first-order valence-corrected chi connectivity index (χ1v) is 7.79. The van der Waals surface area contributed by atoms with Crippen molar-refractivity contribution < 1.29 is 4.79 Å². The number of rotatable bonds is 5. The highest BCUT2D eigenvalue weighted by Crippen LogP contribution is 2.34. The number of hydrogen-bond donors (Lipinski definition) is 1. The number of carbonyl (C=O) groups excluding carboxylic acids is 1. The van der Waals surface area contributed by atoms with Crippen LogP contribution in [-0.2, 0) is 4.79 Å². The van der Waals surface area contributed by atoms with Crippen molar-refractivity contribution in [1.29, 1.82) is 0 Å². The lowest BCUT2D eigenvalue weighted by atomic mass is 9.77. The van der Waals surface area contributed by atoms with Crippen LogP contribution in [0.5, 0.6) is 0 Å². The van der Waals surface area contributed by atoms with E-state index in [1.807, 2.05) is 7.05 Å². The molecule has 1 aliphatic rings. The van der Waals surface area contributed by atoms with Crippen LogP contribution in [-0.4, -0.2) is 37.0 Å². The molecule has 1 rings (SSSR count). The van der Waals surface area contributed by atoms with Gasteiger partial charge in [0.25, 0.3) is 0 Å². The minimum atomic E-state index is 0.330. The Hall–Kier alpha value is -0.570.